The first-order chi connectivity index (χ1) is 9.15. The number of carbonyl (C=O) groups is 2. The molecule has 0 saturated heterocycles. The highest BCUT2D eigenvalue weighted by atomic mass is 16.4. The van der Waals surface area contributed by atoms with Crippen LogP contribution in [0.4, 0.5) is 5.69 Å². The van der Waals surface area contributed by atoms with Crippen LogP contribution in [0, 0.1) is 5.92 Å². The van der Waals surface area contributed by atoms with E-state index < -0.39 is 5.97 Å². The van der Waals surface area contributed by atoms with Crippen molar-refractivity contribution in [2.75, 3.05) is 5.32 Å². The molecule has 0 atom stereocenters. The molecule has 4 nitrogen and oxygen atoms in total. The summed E-state index contributed by atoms with van der Waals surface area (Å²) in [5, 5.41) is 11.7. The molecule has 0 aliphatic heterocycles. The normalized spacial score (nSPS) is 15.4. The van der Waals surface area contributed by atoms with Crippen molar-refractivity contribution in [1.29, 1.82) is 0 Å². The van der Waals surface area contributed by atoms with Gasteiger partial charge in [-0.05, 0) is 30.4 Å². The Bertz CT molecular complexity index is 464. The van der Waals surface area contributed by atoms with Crippen molar-refractivity contribution in [3.05, 3.63) is 29.8 Å². The third-order valence-corrected chi connectivity index (χ3v) is 3.58. The van der Waals surface area contributed by atoms with Crippen LogP contribution in [0.5, 0.6) is 0 Å². The maximum Gasteiger partial charge on any atom is 0.307 e. The van der Waals surface area contributed by atoms with Crippen LogP contribution >= 0.6 is 0 Å². The Labute approximate surface area is 112 Å². The van der Waals surface area contributed by atoms with Crippen LogP contribution < -0.4 is 5.32 Å². The van der Waals surface area contributed by atoms with Crippen molar-refractivity contribution >= 4 is 17.6 Å². The topological polar surface area (TPSA) is 66.4 Å². The van der Waals surface area contributed by atoms with Gasteiger partial charge in [0.05, 0.1) is 6.42 Å². The van der Waals surface area contributed by atoms with Crippen molar-refractivity contribution in [1.82, 2.24) is 0 Å². The largest absolute Gasteiger partial charge is 0.481 e. The van der Waals surface area contributed by atoms with Crippen molar-refractivity contribution < 1.29 is 14.7 Å². The number of anilines is 1. The highest BCUT2D eigenvalue weighted by molar-refractivity contribution is 5.92. The van der Waals surface area contributed by atoms with Crippen molar-refractivity contribution in [3.63, 3.8) is 0 Å². The highest BCUT2D eigenvalue weighted by Gasteiger charge is 2.19. The Balaban J connectivity index is 1.97. The van der Waals surface area contributed by atoms with Gasteiger partial charge in [0.15, 0.2) is 0 Å². The summed E-state index contributed by atoms with van der Waals surface area (Å²) in [4.78, 5) is 22.7. The second kappa shape index (κ2) is 6.36. The smallest absolute Gasteiger partial charge is 0.307 e. The lowest BCUT2D eigenvalue weighted by atomic mass is 10.0. The van der Waals surface area contributed by atoms with Crippen molar-refractivity contribution in [3.8, 4) is 0 Å². The van der Waals surface area contributed by atoms with E-state index in [-0.39, 0.29) is 12.3 Å². The molecule has 1 aromatic carbocycles. The number of benzene rings is 1. The maximum atomic E-state index is 11.9. The molecule has 2 N–H and O–H groups in total. The molecule has 1 amide bonds. The van der Waals surface area contributed by atoms with Gasteiger partial charge in [-0.15, -0.1) is 0 Å². The number of hydrogen-bond donors (Lipinski definition) is 2. The van der Waals surface area contributed by atoms with Crippen LogP contribution in [0.2, 0.25) is 0 Å². The molecule has 0 spiro atoms. The lowest BCUT2D eigenvalue weighted by Gasteiger charge is -2.12. The molecule has 1 aromatic rings. The van der Waals surface area contributed by atoms with Gasteiger partial charge in [-0.1, -0.05) is 31.0 Å². The third-order valence-electron chi connectivity index (χ3n) is 3.58. The second-order valence-electron chi connectivity index (χ2n) is 5.13. The quantitative estimate of drug-likeness (QED) is 0.856. The third kappa shape index (κ3) is 4.09. The summed E-state index contributed by atoms with van der Waals surface area (Å²) < 4.78 is 0. The van der Waals surface area contributed by atoms with E-state index in [0.29, 0.717) is 23.6 Å². The fraction of sp³-hybridized carbons (Fsp3) is 0.467. The van der Waals surface area contributed by atoms with Crippen LogP contribution in [0.15, 0.2) is 24.3 Å². The summed E-state index contributed by atoms with van der Waals surface area (Å²) in [5.74, 6) is -0.408. The monoisotopic (exact) mass is 261 g/mol. The van der Waals surface area contributed by atoms with E-state index in [1.54, 1.807) is 24.3 Å². The Hall–Kier alpha value is -1.84. The average molecular weight is 261 g/mol. The van der Waals surface area contributed by atoms with Crippen molar-refractivity contribution in [2.24, 2.45) is 5.92 Å². The van der Waals surface area contributed by atoms with E-state index in [2.05, 4.69) is 5.32 Å². The number of carboxylic acids is 1. The summed E-state index contributed by atoms with van der Waals surface area (Å²) in [5.41, 5.74) is 1.27. The highest BCUT2D eigenvalue weighted by Crippen LogP contribution is 2.28. The number of rotatable bonds is 5. The molecule has 1 aliphatic rings. The lowest BCUT2D eigenvalue weighted by Crippen LogP contribution is -2.16. The lowest BCUT2D eigenvalue weighted by molar-refractivity contribution is -0.136. The van der Waals surface area contributed by atoms with E-state index in [4.69, 9.17) is 5.11 Å². The number of carboxylic acid groups (broad SMARTS) is 1. The van der Waals surface area contributed by atoms with E-state index >= 15 is 0 Å². The first kappa shape index (κ1) is 13.6. The van der Waals surface area contributed by atoms with Gasteiger partial charge in [-0.2, -0.15) is 0 Å². The Morgan fingerprint density at radius 1 is 1.21 bits per heavy atom. The van der Waals surface area contributed by atoms with Gasteiger partial charge < -0.3 is 10.4 Å². The number of aliphatic carboxylic acids is 1. The zero-order valence-corrected chi connectivity index (χ0v) is 10.9. The Morgan fingerprint density at radius 2 is 1.89 bits per heavy atom. The molecule has 0 aromatic heterocycles. The molecular weight excluding hydrogens is 242 g/mol. The number of para-hydroxylation sites is 1. The Morgan fingerprint density at radius 3 is 2.58 bits per heavy atom. The van der Waals surface area contributed by atoms with Gasteiger partial charge in [0.2, 0.25) is 5.91 Å². The number of hydrogen-bond acceptors (Lipinski definition) is 2. The molecule has 102 valence electrons. The van der Waals surface area contributed by atoms with Crippen LogP contribution in [-0.4, -0.2) is 17.0 Å². The summed E-state index contributed by atoms with van der Waals surface area (Å²) >= 11 is 0. The minimum atomic E-state index is -0.891. The van der Waals surface area contributed by atoms with Gasteiger partial charge in [-0.3, -0.25) is 9.59 Å². The van der Waals surface area contributed by atoms with Gasteiger partial charge in [0.25, 0.3) is 0 Å². The van der Waals surface area contributed by atoms with Crippen LogP contribution in [0.1, 0.15) is 37.7 Å². The number of amides is 1. The molecule has 1 saturated carbocycles. The molecule has 0 bridgehead atoms. The number of carbonyl (C=O) groups excluding carboxylic acids is 1. The minimum absolute atomic E-state index is 0.00950. The van der Waals surface area contributed by atoms with Gasteiger partial charge in [0, 0.05) is 12.1 Å². The molecule has 4 heteroatoms. The predicted octanol–water partition coefficient (Wildman–Crippen LogP) is 2.83. The van der Waals surface area contributed by atoms with Gasteiger partial charge >= 0.3 is 5.97 Å². The Kier molecular flexibility index (Phi) is 4.55. The molecular formula is C15H19NO3. The van der Waals surface area contributed by atoms with E-state index in [0.717, 1.165) is 12.8 Å². The standard InChI is InChI=1S/C15H19NO3/c17-14(9-11-5-1-2-6-11)16-13-8-4-3-7-12(13)10-15(18)19/h3-4,7-8,11H,1-2,5-6,9-10H2,(H,16,17)(H,18,19). The molecule has 2 rings (SSSR count). The molecule has 0 unspecified atom stereocenters. The fourth-order valence-corrected chi connectivity index (χ4v) is 2.64. The van der Waals surface area contributed by atoms with Crippen LogP contribution in [0.3, 0.4) is 0 Å². The SMILES string of the molecule is O=C(O)Cc1ccccc1NC(=O)CC1CCCC1. The predicted molar refractivity (Wildman–Crippen MR) is 73.0 cm³/mol. The van der Waals surface area contributed by atoms with Crippen LogP contribution in [-0.2, 0) is 16.0 Å². The van der Waals surface area contributed by atoms with E-state index in [9.17, 15) is 9.59 Å². The average Bonchev–Trinajstić information content (AvgIpc) is 2.83. The molecule has 0 heterocycles. The molecule has 1 fully saturated rings. The zero-order valence-electron chi connectivity index (χ0n) is 10.9. The first-order valence-electron chi connectivity index (χ1n) is 6.74. The summed E-state index contributed by atoms with van der Waals surface area (Å²) in [7, 11) is 0. The minimum Gasteiger partial charge on any atom is -0.481 e. The first-order valence-corrected chi connectivity index (χ1v) is 6.74. The maximum absolute atomic E-state index is 11.9. The van der Waals surface area contributed by atoms with Gasteiger partial charge in [0.1, 0.15) is 0 Å². The zero-order chi connectivity index (χ0) is 13.7. The van der Waals surface area contributed by atoms with Crippen LogP contribution in [0.25, 0.3) is 0 Å². The second-order valence-corrected chi connectivity index (χ2v) is 5.13. The van der Waals surface area contributed by atoms with Gasteiger partial charge in [-0.25, -0.2) is 0 Å². The van der Waals surface area contributed by atoms with E-state index in [1.165, 1.54) is 12.8 Å². The molecule has 19 heavy (non-hydrogen) atoms. The van der Waals surface area contributed by atoms with E-state index in [1.807, 2.05) is 0 Å². The molecule has 0 radical (unpaired) electrons. The van der Waals surface area contributed by atoms with Crippen molar-refractivity contribution in [2.45, 2.75) is 38.5 Å². The summed E-state index contributed by atoms with van der Waals surface area (Å²) in [6.45, 7) is 0. The fourth-order valence-electron chi connectivity index (χ4n) is 2.64. The summed E-state index contributed by atoms with van der Waals surface area (Å²) in [6, 6.07) is 7.07. The number of nitrogens with one attached hydrogen (secondary N) is 1. The molecule has 1 aliphatic carbocycles. The summed E-state index contributed by atoms with van der Waals surface area (Å²) in [6.07, 6.45) is 5.16.